The molecule has 1 atom stereocenters. The van der Waals surface area contributed by atoms with E-state index in [0.717, 1.165) is 5.75 Å². The van der Waals surface area contributed by atoms with Gasteiger partial charge in [0.25, 0.3) is 0 Å². The van der Waals surface area contributed by atoms with Crippen molar-refractivity contribution in [3.05, 3.63) is 42.2 Å². The molecule has 1 aliphatic rings. The molecular weight excluding hydrogens is 359 g/mol. The monoisotopic (exact) mass is 378 g/mol. The lowest BCUT2D eigenvalue weighted by molar-refractivity contribution is -0.140. The number of amides is 1. The maximum Gasteiger partial charge on any atom is 0.305 e. The first-order valence-electron chi connectivity index (χ1n) is 8.33. The van der Waals surface area contributed by atoms with Crippen LogP contribution in [0.15, 0.2) is 34.9 Å². The third-order valence-corrected chi connectivity index (χ3v) is 5.30. The summed E-state index contributed by atoms with van der Waals surface area (Å²) in [4.78, 5) is 29.2. The molecule has 1 N–H and O–H groups in total. The van der Waals surface area contributed by atoms with Gasteiger partial charge in [0.2, 0.25) is 5.91 Å². The molecule has 26 heavy (non-hydrogen) atoms. The summed E-state index contributed by atoms with van der Waals surface area (Å²) in [6.07, 6.45) is 1.87. The molecule has 0 spiro atoms. The first-order chi connectivity index (χ1) is 12.5. The van der Waals surface area contributed by atoms with Crippen LogP contribution in [-0.2, 0) is 16.0 Å². The van der Waals surface area contributed by atoms with E-state index in [1.165, 1.54) is 12.3 Å². The van der Waals surface area contributed by atoms with Crippen LogP contribution >= 0.6 is 11.8 Å². The highest BCUT2D eigenvalue weighted by atomic mass is 32.2. The summed E-state index contributed by atoms with van der Waals surface area (Å²) in [5.74, 6) is 0.710. The van der Waals surface area contributed by atoms with E-state index in [1.54, 1.807) is 34.9 Å². The third kappa shape index (κ3) is 4.43. The Morgan fingerprint density at radius 3 is 2.96 bits per heavy atom. The second kappa shape index (κ2) is 8.35. The summed E-state index contributed by atoms with van der Waals surface area (Å²) >= 11 is 1.66. The average molecular weight is 378 g/mol. The minimum atomic E-state index is -0.905. The topological polar surface area (TPSA) is 83.6 Å². The number of carbonyl (C=O) groups is 2. The molecule has 1 amide bonds. The first kappa shape index (κ1) is 18.4. The average Bonchev–Trinajstić information content (AvgIpc) is 3.09. The normalized spacial score (nSPS) is 17.3. The van der Waals surface area contributed by atoms with Gasteiger partial charge in [-0.3, -0.25) is 9.59 Å². The molecule has 1 aliphatic heterocycles. The van der Waals surface area contributed by atoms with E-state index < -0.39 is 11.8 Å². The maximum atomic E-state index is 13.8. The Kier molecular flexibility index (Phi) is 5.92. The highest BCUT2D eigenvalue weighted by Gasteiger charge is 2.28. The Hall–Kier alpha value is -2.35. The molecule has 1 aromatic heterocycles. The van der Waals surface area contributed by atoms with Crippen molar-refractivity contribution in [3.63, 3.8) is 0 Å². The zero-order valence-electron chi connectivity index (χ0n) is 14.1. The molecule has 3 rings (SSSR count). The number of aromatic nitrogens is 1. The molecule has 1 unspecified atom stereocenters. The molecule has 0 aliphatic carbocycles. The van der Waals surface area contributed by atoms with E-state index in [2.05, 4.69) is 4.98 Å². The lowest BCUT2D eigenvalue weighted by atomic mass is 10.1. The van der Waals surface area contributed by atoms with Gasteiger partial charge in [-0.15, -0.1) is 0 Å². The molecule has 0 radical (unpaired) electrons. The Balaban J connectivity index is 1.61. The molecule has 1 fully saturated rings. The number of aliphatic carboxylic acids is 1. The zero-order chi connectivity index (χ0) is 18.5. The smallest absolute Gasteiger partial charge is 0.305 e. The van der Waals surface area contributed by atoms with Crippen LogP contribution < -0.4 is 0 Å². The molecule has 0 bridgehead atoms. The predicted molar refractivity (Wildman–Crippen MR) is 95.3 cm³/mol. The number of aryl methyl sites for hydroxylation is 1. The van der Waals surface area contributed by atoms with E-state index in [-0.39, 0.29) is 31.2 Å². The fourth-order valence-corrected chi connectivity index (χ4v) is 3.99. The standard InChI is InChI=1S/C18H19FN2O4S/c19-14-4-2-1-3-13(14)15-10-20-16(25-15)5-6-17(22)21-7-8-26-11-12(21)9-18(23)24/h1-4,10,12H,5-9,11H2,(H,23,24). The largest absolute Gasteiger partial charge is 0.481 e. The lowest BCUT2D eigenvalue weighted by Crippen LogP contribution is -2.47. The van der Waals surface area contributed by atoms with Crippen LogP contribution in [0.5, 0.6) is 0 Å². The van der Waals surface area contributed by atoms with Gasteiger partial charge in [-0.25, -0.2) is 9.37 Å². The predicted octanol–water partition coefficient (Wildman–Crippen LogP) is 2.83. The number of thioether (sulfide) groups is 1. The number of carbonyl (C=O) groups excluding carboxylic acids is 1. The van der Waals surface area contributed by atoms with Gasteiger partial charge in [-0.1, -0.05) is 12.1 Å². The number of carboxylic acids is 1. The van der Waals surface area contributed by atoms with Gasteiger partial charge >= 0.3 is 5.97 Å². The minimum absolute atomic E-state index is 0.0465. The summed E-state index contributed by atoms with van der Waals surface area (Å²) in [5.41, 5.74) is 0.326. The molecule has 2 aromatic rings. The second-order valence-electron chi connectivity index (χ2n) is 6.01. The number of halogens is 1. The van der Waals surface area contributed by atoms with Gasteiger partial charge in [0.15, 0.2) is 11.7 Å². The van der Waals surface area contributed by atoms with E-state index in [9.17, 15) is 14.0 Å². The highest BCUT2D eigenvalue weighted by Crippen LogP contribution is 2.24. The van der Waals surface area contributed by atoms with Crippen molar-refractivity contribution in [2.45, 2.75) is 25.3 Å². The lowest BCUT2D eigenvalue weighted by Gasteiger charge is -2.34. The number of rotatable bonds is 6. The highest BCUT2D eigenvalue weighted by molar-refractivity contribution is 7.99. The number of hydrogen-bond acceptors (Lipinski definition) is 5. The van der Waals surface area contributed by atoms with Gasteiger partial charge in [0, 0.05) is 30.9 Å². The number of oxazole rings is 1. The van der Waals surface area contributed by atoms with Gasteiger partial charge in [-0.05, 0) is 12.1 Å². The summed E-state index contributed by atoms with van der Waals surface area (Å²) in [7, 11) is 0. The first-order valence-corrected chi connectivity index (χ1v) is 9.48. The van der Waals surface area contributed by atoms with Gasteiger partial charge in [0.05, 0.1) is 24.2 Å². The van der Waals surface area contributed by atoms with E-state index in [4.69, 9.17) is 9.52 Å². The SMILES string of the molecule is O=C(O)CC1CSCCN1C(=O)CCc1ncc(-c2ccccc2F)o1. The maximum absolute atomic E-state index is 13.8. The Bertz CT molecular complexity index is 795. The molecule has 2 heterocycles. The van der Waals surface area contributed by atoms with Crippen molar-refractivity contribution < 1.29 is 23.5 Å². The van der Waals surface area contributed by atoms with Crippen LogP contribution in [0.4, 0.5) is 4.39 Å². The van der Waals surface area contributed by atoms with Crippen molar-refractivity contribution in [1.82, 2.24) is 9.88 Å². The van der Waals surface area contributed by atoms with Crippen molar-refractivity contribution in [2.75, 3.05) is 18.1 Å². The van der Waals surface area contributed by atoms with Crippen molar-refractivity contribution >= 4 is 23.6 Å². The number of nitrogens with zero attached hydrogens (tertiary/aromatic N) is 2. The molecule has 138 valence electrons. The van der Waals surface area contributed by atoms with Crippen LogP contribution in [-0.4, -0.2) is 51.0 Å². The van der Waals surface area contributed by atoms with E-state index in [0.29, 0.717) is 29.5 Å². The summed E-state index contributed by atoms with van der Waals surface area (Å²) in [6, 6.07) is 5.97. The molecule has 6 nitrogen and oxygen atoms in total. The van der Waals surface area contributed by atoms with Crippen LogP contribution in [0.2, 0.25) is 0 Å². The van der Waals surface area contributed by atoms with E-state index >= 15 is 0 Å². The fourth-order valence-electron chi connectivity index (χ4n) is 2.92. The van der Waals surface area contributed by atoms with Crippen LogP contribution in [0.3, 0.4) is 0 Å². The summed E-state index contributed by atoms with van der Waals surface area (Å²) < 4.78 is 19.3. The molecule has 0 saturated carbocycles. The summed E-state index contributed by atoms with van der Waals surface area (Å²) in [6.45, 7) is 0.549. The number of hydrogen-bond donors (Lipinski definition) is 1. The molecule has 8 heteroatoms. The molecular formula is C18H19FN2O4S. The Labute approximate surface area is 154 Å². The van der Waals surface area contributed by atoms with Crippen molar-refractivity contribution in [2.24, 2.45) is 0 Å². The number of benzene rings is 1. The second-order valence-corrected chi connectivity index (χ2v) is 7.16. The van der Waals surface area contributed by atoms with Crippen molar-refractivity contribution in [3.8, 4) is 11.3 Å². The van der Waals surface area contributed by atoms with Crippen LogP contribution in [0, 0.1) is 5.82 Å². The van der Waals surface area contributed by atoms with Crippen LogP contribution in [0.25, 0.3) is 11.3 Å². The quantitative estimate of drug-likeness (QED) is 0.832. The van der Waals surface area contributed by atoms with Gasteiger partial charge in [-0.2, -0.15) is 11.8 Å². The minimum Gasteiger partial charge on any atom is -0.481 e. The zero-order valence-corrected chi connectivity index (χ0v) is 14.9. The Morgan fingerprint density at radius 2 is 2.19 bits per heavy atom. The van der Waals surface area contributed by atoms with Crippen LogP contribution in [0.1, 0.15) is 18.7 Å². The molecule has 1 saturated heterocycles. The fraction of sp³-hybridized carbons (Fsp3) is 0.389. The third-order valence-electron chi connectivity index (χ3n) is 4.20. The molecule has 1 aromatic carbocycles. The Morgan fingerprint density at radius 1 is 1.38 bits per heavy atom. The number of carboxylic acid groups (broad SMARTS) is 1. The van der Waals surface area contributed by atoms with E-state index in [1.807, 2.05) is 0 Å². The van der Waals surface area contributed by atoms with Gasteiger partial charge < -0.3 is 14.4 Å². The van der Waals surface area contributed by atoms with Crippen molar-refractivity contribution in [1.29, 1.82) is 0 Å². The summed E-state index contributed by atoms with van der Waals surface area (Å²) in [5, 5.41) is 9.00. The van der Waals surface area contributed by atoms with Gasteiger partial charge in [0.1, 0.15) is 5.82 Å².